The van der Waals surface area contributed by atoms with Crippen LogP contribution < -0.4 is 10.0 Å². The quantitative estimate of drug-likeness (QED) is 0.747. The van der Waals surface area contributed by atoms with Crippen molar-refractivity contribution in [2.45, 2.75) is 55.9 Å². The number of hydrogen-bond acceptors (Lipinski definition) is 3. The SMILES string of the molecule is O=C(CCCNS(=O)(=O)c1ccc(F)cc1)NC1CCCCC1. The summed E-state index contributed by atoms with van der Waals surface area (Å²) < 4.78 is 39.2. The van der Waals surface area contributed by atoms with Crippen molar-refractivity contribution in [2.75, 3.05) is 6.54 Å². The zero-order valence-corrected chi connectivity index (χ0v) is 13.9. The van der Waals surface area contributed by atoms with E-state index in [4.69, 9.17) is 0 Å². The van der Waals surface area contributed by atoms with Gasteiger partial charge in [-0.05, 0) is 43.5 Å². The molecule has 1 amide bonds. The van der Waals surface area contributed by atoms with Crippen LogP contribution in [0.4, 0.5) is 4.39 Å². The predicted octanol–water partition coefficient (Wildman–Crippen LogP) is 2.33. The first-order valence-corrected chi connectivity index (χ1v) is 9.50. The number of benzene rings is 1. The van der Waals surface area contributed by atoms with Crippen LogP contribution in [0.1, 0.15) is 44.9 Å². The van der Waals surface area contributed by atoms with Gasteiger partial charge in [0.25, 0.3) is 0 Å². The highest BCUT2D eigenvalue weighted by Gasteiger charge is 2.16. The number of rotatable bonds is 7. The lowest BCUT2D eigenvalue weighted by Gasteiger charge is -2.22. The average Bonchev–Trinajstić information content (AvgIpc) is 2.53. The van der Waals surface area contributed by atoms with Crippen LogP contribution in [0.5, 0.6) is 0 Å². The number of amides is 1. The van der Waals surface area contributed by atoms with E-state index in [1.807, 2.05) is 0 Å². The Morgan fingerprint density at radius 3 is 2.43 bits per heavy atom. The Hall–Kier alpha value is -1.47. The van der Waals surface area contributed by atoms with Gasteiger partial charge in [0.2, 0.25) is 15.9 Å². The molecule has 0 unspecified atom stereocenters. The van der Waals surface area contributed by atoms with Crippen molar-refractivity contribution in [1.82, 2.24) is 10.0 Å². The fourth-order valence-corrected chi connectivity index (χ4v) is 3.77. The van der Waals surface area contributed by atoms with Gasteiger partial charge in [0.1, 0.15) is 5.82 Å². The van der Waals surface area contributed by atoms with Crippen molar-refractivity contribution >= 4 is 15.9 Å². The largest absolute Gasteiger partial charge is 0.353 e. The summed E-state index contributed by atoms with van der Waals surface area (Å²) in [5.74, 6) is -0.513. The second kappa shape index (κ2) is 8.40. The molecule has 1 fully saturated rings. The van der Waals surface area contributed by atoms with Gasteiger partial charge in [0.15, 0.2) is 0 Å². The predicted molar refractivity (Wildman–Crippen MR) is 85.8 cm³/mol. The molecule has 1 aromatic rings. The first-order valence-electron chi connectivity index (χ1n) is 8.02. The number of carbonyl (C=O) groups is 1. The molecule has 0 aliphatic heterocycles. The average molecular weight is 342 g/mol. The molecule has 2 rings (SSSR count). The molecule has 0 heterocycles. The molecule has 23 heavy (non-hydrogen) atoms. The third kappa shape index (κ3) is 5.91. The minimum atomic E-state index is -3.65. The van der Waals surface area contributed by atoms with E-state index >= 15 is 0 Å². The van der Waals surface area contributed by atoms with Gasteiger partial charge in [0.05, 0.1) is 4.90 Å². The van der Waals surface area contributed by atoms with Gasteiger partial charge in [-0.25, -0.2) is 17.5 Å². The van der Waals surface area contributed by atoms with Crippen molar-refractivity contribution in [3.8, 4) is 0 Å². The highest BCUT2D eigenvalue weighted by molar-refractivity contribution is 7.89. The van der Waals surface area contributed by atoms with E-state index in [1.54, 1.807) is 0 Å². The van der Waals surface area contributed by atoms with Crippen molar-refractivity contribution in [3.63, 3.8) is 0 Å². The third-order valence-corrected chi connectivity index (χ3v) is 5.44. The summed E-state index contributed by atoms with van der Waals surface area (Å²) in [7, 11) is -3.65. The Bertz CT molecular complexity index is 611. The fraction of sp³-hybridized carbons (Fsp3) is 0.562. The molecule has 0 saturated heterocycles. The summed E-state index contributed by atoms with van der Waals surface area (Å²) in [5, 5.41) is 3.00. The minimum Gasteiger partial charge on any atom is -0.353 e. The number of halogens is 1. The second-order valence-electron chi connectivity index (χ2n) is 5.86. The van der Waals surface area contributed by atoms with Crippen LogP contribution in [0, 0.1) is 5.82 Å². The van der Waals surface area contributed by atoms with E-state index in [1.165, 1.54) is 18.6 Å². The lowest BCUT2D eigenvalue weighted by molar-refractivity contribution is -0.122. The summed E-state index contributed by atoms with van der Waals surface area (Å²) >= 11 is 0. The van der Waals surface area contributed by atoms with Crippen LogP contribution in [0.2, 0.25) is 0 Å². The molecule has 5 nitrogen and oxygen atoms in total. The second-order valence-corrected chi connectivity index (χ2v) is 7.62. The Labute approximate surface area is 136 Å². The fourth-order valence-electron chi connectivity index (χ4n) is 2.70. The highest BCUT2D eigenvalue weighted by Crippen LogP contribution is 2.17. The molecular weight excluding hydrogens is 319 g/mol. The Morgan fingerprint density at radius 1 is 1.13 bits per heavy atom. The highest BCUT2D eigenvalue weighted by atomic mass is 32.2. The maximum absolute atomic E-state index is 12.8. The number of hydrogen-bond donors (Lipinski definition) is 2. The summed E-state index contributed by atoms with van der Waals surface area (Å²) in [5.41, 5.74) is 0. The molecule has 1 saturated carbocycles. The lowest BCUT2D eigenvalue weighted by atomic mass is 9.95. The Kier molecular flexibility index (Phi) is 6.53. The normalized spacial score (nSPS) is 16.2. The molecule has 1 aromatic carbocycles. The lowest BCUT2D eigenvalue weighted by Crippen LogP contribution is -2.36. The van der Waals surface area contributed by atoms with E-state index in [-0.39, 0.29) is 23.4 Å². The molecular formula is C16H23FN2O3S. The van der Waals surface area contributed by atoms with Crippen LogP contribution in [0.25, 0.3) is 0 Å². The number of nitrogens with one attached hydrogen (secondary N) is 2. The first kappa shape index (κ1) is 17.9. The van der Waals surface area contributed by atoms with Crippen LogP contribution in [0.15, 0.2) is 29.2 Å². The number of sulfonamides is 1. The Balaban J connectivity index is 1.69. The van der Waals surface area contributed by atoms with Crippen LogP contribution in [-0.2, 0) is 14.8 Å². The van der Waals surface area contributed by atoms with Crippen molar-refractivity contribution < 1.29 is 17.6 Å². The van der Waals surface area contributed by atoms with Gasteiger partial charge in [-0.15, -0.1) is 0 Å². The van der Waals surface area contributed by atoms with Crippen molar-refractivity contribution in [1.29, 1.82) is 0 Å². The van der Waals surface area contributed by atoms with Gasteiger partial charge < -0.3 is 5.32 Å². The molecule has 0 bridgehead atoms. The van der Waals surface area contributed by atoms with Crippen LogP contribution in [-0.4, -0.2) is 26.9 Å². The summed E-state index contributed by atoms with van der Waals surface area (Å²) in [6, 6.07) is 4.91. The molecule has 0 atom stereocenters. The van der Waals surface area contributed by atoms with E-state index in [9.17, 15) is 17.6 Å². The standard InChI is InChI=1S/C16H23FN2O3S/c17-13-8-10-15(11-9-13)23(21,22)18-12-4-7-16(20)19-14-5-2-1-3-6-14/h8-11,14,18H,1-7,12H2,(H,19,20). The molecule has 7 heteroatoms. The molecule has 0 aromatic heterocycles. The zero-order valence-electron chi connectivity index (χ0n) is 13.1. The monoisotopic (exact) mass is 342 g/mol. The van der Waals surface area contributed by atoms with Crippen molar-refractivity contribution in [2.24, 2.45) is 0 Å². The maximum atomic E-state index is 12.8. The third-order valence-electron chi connectivity index (χ3n) is 3.97. The summed E-state index contributed by atoms with van der Waals surface area (Å²) in [6.07, 6.45) is 6.33. The smallest absolute Gasteiger partial charge is 0.240 e. The molecule has 0 radical (unpaired) electrons. The maximum Gasteiger partial charge on any atom is 0.240 e. The van der Waals surface area contributed by atoms with Gasteiger partial charge in [0, 0.05) is 19.0 Å². The topological polar surface area (TPSA) is 75.3 Å². The number of carbonyl (C=O) groups excluding carboxylic acids is 1. The van der Waals surface area contributed by atoms with Gasteiger partial charge in [-0.1, -0.05) is 19.3 Å². The summed E-state index contributed by atoms with van der Waals surface area (Å²) in [6.45, 7) is 0.178. The van der Waals surface area contributed by atoms with Crippen molar-refractivity contribution in [3.05, 3.63) is 30.1 Å². The van der Waals surface area contributed by atoms with E-state index in [0.29, 0.717) is 12.8 Å². The van der Waals surface area contributed by atoms with Crippen LogP contribution in [0.3, 0.4) is 0 Å². The molecule has 1 aliphatic carbocycles. The first-order chi connectivity index (χ1) is 11.0. The van der Waals surface area contributed by atoms with E-state index in [2.05, 4.69) is 10.0 Å². The van der Waals surface area contributed by atoms with E-state index < -0.39 is 15.8 Å². The minimum absolute atomic E-state index is 0.0190. The molecule has 0 spiro atoms. The Morgan fingerprint density at radius 2 is 1.78 bits per heavy atom. The van der Waals surface area contributed by atoms with Gasteiger partial charge >= 0.3 is 0 Å². The molecule has 2 N–H and O–H groups in total. The zero-order chi connectivity index (χ0) is 16.7. The van der Waals surface area contributed by atoms with Gasteiger partial charge in [-0.2, -0.15) is 0 Å². The van der Waals surface area contributed by atoms with E-state index in [0.717, 1.165) is 37.8 Å². The molecule has 128 valence electrons. The van der Waals surface area contributed by atoms with Crippen LogP contribution >= 0.6 is 0 Å². The van der Waals surface area contributed by atoms with Gasteiger partial charge in [-0.3, -0.25) is 4.79 Å². The molecule has 1 aliphatic rings. The summed E-state index contributed by atoms with van der Waals surface area (Å²) in [4.78, 5) is 11.8.